The van der Waals surface area contributed by atoms with Crippen LogP contribution in [-0.4, -0.2) is 41.4 Å². The van der Waals surface area contributed by atoms with Crippen LogP contribution < -0.4 is 0 Å². The monoisotopic (exact) mass is 305 g/mol. The largest absolute Gasteiger partial charge is 0.466 e. The molecule has 1 heterocycles. The molecule has 1 fully saturated rings. The summed E-state index contributed by atoms with van der Waals surface area (Å²) in [5.41, 5.74) is 2.12. The van der Waals surface area contributed by atoms with Gasteiger partial charge < -0.3 is 4.74 Å². The second-order valence-electron chi connectivity index (χ2n) is 4.55. The molecule has 0 saturated carbocycles. The molecule has 2 rings (SSSR count). The molecular weight excluding hydrogens is 290 g/mol. The van der Waals surface area contributed by atoms with Crippen LogP contribution in [0.1, 0.15) is 11.1 Å². The molecule has 1 aromatic rings. The summed E-state index contributed by atoms with van der Waals surface area (Å²) in [6.07, 6.45) is 1.66. The van der Waals surface area contributed by atoms with E-state index < -0.39 is 5.97 Å². The minimum atomic E-state index is -0.546. The summed E-state index contributed by atoms with van der Waals surface area (Å²) in [7, 11) is 1.27. The third-order valence-corrected chi connectivity index (χ3v) is 3.99. The van der Waals surface area contributed by atoms with E-state index in [1.54, 1.807) is 6.08 Å². The van der Waals surface area contributed by atoms with Gasteiger partial charge in [-0.2, -0.15) is 0 Å². The fourth-order valence-electron chi connectivity index (χ4n) is 1.94. The van der Waals surface area contributed by atoms with E-state index in [1.165, 1.54) is 7.11 Å². The molecule has 0 bridgehead atoms. The van der Waals surface area contributed by atoms with Crippen molar-refractivity contribution in [1.82, 2.24) is 4.90 Å². The van der Waals surface area contributed by atoms with Crippen LogP contribution >= 0.6 is 11.8 Å². The number of hydrogen-bond donors (Lipinski definition) is 0. The van der Waals surface area contributed by atoms with Gasteiger partial charge in [0, 0.05) is 0 Å². The minimum Gasteiger partial charge on any atom is -0.466 e. The summed E-state index contributed by atoms with van der Waals surface area (Å²) in [6, 6.07) is 7.54. The SMILES string of the molecule is COC(=O)/C(=C/c1ccccc1C)CN1C(=O)CSC1=O. The number of amides is 2. The zero-order valence-corrected chi connectivity index (χ0v) is 12.6. The second-order valence-corrected chi connectivity index (χ2v) is 5.48. The molecule has 0 aliphatic carbocycles. The molecule has 1 aliphatic heterocycles. The van der Waals surface area contributed by atoms with Gasteiger partial charge in [0.2, 0.25) is 5.91 Å². The highest BCUT2D eigenvalue weighted by Crippen LogP contribution is 2.21. The van der Waals surface area contributed by atoms with Crippen molar-refractivity contribution in [2.75, 3.05) is 19.4 Å². The van der Waals surface area contributed by atoms with Crippen LogP contribution in [0.15, 0.2) is 29.8 Å². The molecule has 1 aliphatic rings. The Balaban J connectivity index is 2.31. The van der Waals surface area contributed by atoms with Crippen LogP contribution in [0, 0.1) is 6.92 Å². The van der Waals surface area contributed by atoms with Gasteiger partial charge in [-0.3, -0.25) is 14.5 Å². The van der Waals surface area contributed by atoms with Crippen molar-refractivity contribution < 1.29 is 19.1 Å². The second kappa shape index (κ2) is 6.58. The lowest BCUT2D eigenvalue weighted by Gasteiger charge is -2.14. The first-order valence-electron chi connectivity index (χ1n) is 6.34. The number of hydrogen-bond acceptors (Lipinski definition) is 5. The number of carbonyl (C=O) groups excluding carboxylic acids is 3. The molecule has 5 nitrogen and oxygen atoms in total. The van der Waals surface area contributed by atoms with Crippen LogP contribution in [0.2, 0.25) is 0 Å². The average molecular weight is 305 g/mol. The summed E-state index contributed by atoms with van der Waals surface area (Å²) < 4.78 is 4.74. The lowest BCUT2D eigenvalue weighted by Crippen LogP contribution is -2.32. The Morgan fingerprint density at radius 1 is 1.38 bits per heavy atom. The summed E-state index contributed by atoms with van der Waals surface area (Å²) >= 11 is 0.942. The van der Waals surface area contributed by atoms with Crippen molar-refractivity contribution >= 4 is 35.0 Å². The van der Waals surface area contributed by atoms with Gasteiger partial charge in [0.1, 0.15) is 0 Å². The van der Waals surface area contributed by atoms with Crippen molar-refractivity contribution in [1.29, 1.82) is 0 Å². The van der Waals surface area contributed by atoms with Crippen molar-refractivity contribution in [2.24, 2.45) is 0 Å². The number of aryl methyl sites for hydroxylation is 1. The molecule has 2 amide bonds. The maximum absolute atomic E-state index is 11.9. The normalized spacial score (nSPS) is 15.5. The number of benzene rings is 1. The van der Waals surface area contributed by atoms with Gasteiger partial charge in [-0.05, 0) is 24.1 Å². The van der Waals surface area contributed by atoms with Gasteiger partial charge in [0.05, 0.1) is 25.0 Å². The van der Waals surface area contributed by atoms with E-state index in [9.17, 15) is 14.4 Å². The fourth-order valence-corrected chi connectivity index (χ4v) is 2.67. The number of methoxy groups -OCH3 is 1. The van der Waals surface area contributed by atoms with Crippen molar-refractivity contribution in [3.05, 3.63) is 41.0 Å². The van der Waals surface area contributed by atoms with Crippen molar-refractivity contribution in [3.63, 3.8) is 0 Å². The van der Waals surface area contributed by atoms with Crippen LogP contribution in [0.5, 0.6) is 0 Å². The summed E-state index contributed by atoms with van der Waals surface area (Å²) in [6.45, 7) is 1.86. The lowest BCUT2D eigenvalue weighted by molar-refractivity contribution is -0.136. The first kappa shape index (κ1) is 15.3. The molecule has 0 radical (unpaired) electrons. The highest BCUT2D eigenvalue weighted by Gasteiger charge is 2.31. The zero-order chi connectivity index (χ0) is 15.4. The Bertz CT molecular complexity index is 608. The van der Waals surface area contributed by atoms with E-state index in [4.69, 9.17) is 4.74 Å². The van der Waals surface area contributed by atoms with E-state index in [0.29, 0.717) is 0 Å². The molecule has 6 heteroatoms. The molecule has 0 N–H and O–H groups in total. The van der Waals surface area contributed by atoms with Gasteiger partial charge in [0.15, 0.2) is 0 Å². The number of esters is 1. The highest BCUT2D eigenvalue weighted by atomic mass is 32.2. The summed E-state index contributed by atoms with van der Waals surface area (Å²) in [4.78, 5) is 36.3. The standard InChI is InChI=1S/C15H15NO4S/c1-10-5-3-4-6-11(10)7-12(14(18)20-2)8-16-13(17)9-21-15(16)19/h3-7H,8-9H2,1-2H3/b12-7+. The van der Waals surface area contributed by atoms with E-state index in [0.717, 1.165) is 27.8 Å². The van der Waals surface area contributed by atoms with Gasteiger partial charge in [0.25, 0.3) is 5.24 Å². The molecular formula is C15H15NO4S. The van der Waals surface area contributed by atoms with E-state index >= 15 is 0 Å². The Morgan fingerprint density at radius 2 is 2.10 bits per heavy atom. The van der Waals surface area contributed by atoms with Crippen LogP contribution in [0.25, 0.3) is 6.08 Å². The van der Waals surface area contributed by atoms with E-state index in [2.05, 4.69) is 0 Å². The highest BCUT2D eigenvalue weighted by molar-refractivity contribution is 8.14. The average Bonchev–Trinajstić information content (AvgIpc) is 2.79. The quantitative estimate of drug-likeness (QED) is 0.630. The summed E-state index contributed by atoms with van der Waals surface area (Å²) in [5, 5.41) is -0.334. The predicted molar refractivity (Wildman–Crippen MR) is 80.7 cm³/mol. The Hall–Kier alpha value is -2.08. The first-order chi connectivity index (χ1) is 10.0. The Labute approximate surface area is 127 Å². The van der Waals surface area contributed by atoms with Crippen molar-refractivity contribution in [3.8, 4) is 0 Å². The van der Waals surface area contributed by atoms with Gasteiger partial charge >= 0.3 is 5.97 Å². The summed E-state index contributed by atoms with van der Waals surface area (Å²) in [5.74, 6) is -0.710. The smallest absolute Gasteiger partial charge is 0.335 e. The third-order valence-electron chi connectivity index (χ3n) is 3.13. The molecule has 1 aromatic carbocycles. The molecule has 110 valence electrons. The first-order valence-corrected chi connectivity index (χ1v) is 7.33. The van der Waals surface area contributed by atoms with E-state index in [-0.39, 0.29) is 29.0 Å². The molecule has 0 unspecified atom stereocenters. The van der Waals surface area contributed by atoms with Crippen LogP contribution in [-0.2, 0) is 14.3 Å². The van der Waals surface area contributed by atoms with Crippen LogP contribution in [0.4, 0.5) is 4.79 Å². The number of rotatable bonds is 4. The number of imide groups is 1. The number of carbonyl (C=O) groups is 3. The van der Waals surface area contributed by atoms with Gasteiger partial charge in [-0.25, -0.2) is 4.79 Å². The third kappa shape index (κ3) is 3.52. The number of thioether (sulfide) groups is 1. The van der Waals surface area contributed by atoms with Crippen molar-refractivity contribution in [2.45, 2.75) is 6.92 Å². The van der Waals surface area contributed by atoms with Crippen LogP contribution in [0.3, 0.4) is 0 Å². The van der Waals surface area contributed by atoms with Gasteiger partial charge in [-0.15, -0.1) is 0 Å². The maximum atomic E-state index is 11.9. The lowest BCUT2D eigenvalue weighted by atomic mass is 10.1. The Kier molecular flexibility index (Phi) is 4.80. The molecule has 0 spiro atoms. The molecule has 0 atom stereocenters. The van der Waals surface area contributed by atoms with Gasteiger partial charge in [-0.1, -0.05) is 36.0 Å². The van der Waals surface area contributed by atoms with E-state index in [1.807, 2.05) is 31.2 Å². The zero-order valence-electron chi connectivity index (χ0n) is 11.8. The molecule has 0 aromatic heterocycles. The fraction of sp³-hybridized carbons (Fsp3) is 0.267. The minimum absolute atomic E-state index is 0.0638. The number of ether oxygens (including phenoxy) is 1. The maximum Gasteiger partial charge on any atom is 0.335 e. The topological polar surface area (TPSA) is 63.7 Å². The molecule has 1 saturated heterocycles. The Morgan fingerprint density at radius 3 is 2.67 bits per heavy atom. The predicted octanol–water partition coefficient (Wildman–Crippen LogP) is 2.25. The molecule has 21 heavy (non-hydrogen) atoms. The number of nitrogens with zero attached hydrogens (tertiary/aromatic N) is 1.